The van der Waals surface area contributed by atoms with E-state index in [4.69, 9.17) is 15.8 Å². The van der Waals surface area contributed by atoms with Crippen molar-refractivity contribution in [2.75, 3.05) is 0 Å². The van der Waals surface area contributed by atoms with E-state index in [0.29, 0.717) is 16.3 Å². The third-order valence-corrected chi connectivity index (χ3v) is 4.09. The molecule has 0 fully saturated rings. The summed E-state index contributed by atoms with van der Waals surface area (Å²) in [5, 5.41) is 12.3. The van der Waals surface area contributed by atoms with Crippen molar-refractivity contribution in [3.63, 3.8) is 0 Å². The Labute approximate surface area is 143 Å². The molecule has 0 saturated carbocycles. The first kappa shape index (κ1) is 16.2. The fraction of sp³-hybridized carbons (Fsp3) is 0. The Morgan fingerprint density at radius 3 is 2.62 bits per heavy atom. The van der Waals surface area contributed by atoms with Gasteiger partial charge in [0.2, 0.25) is 0 Å². The van der Waals surface area contributed by atoms with Crippen LogP contribution in [0.1, 0.15) is 5.56 Å². The fourth-order valence-corrected chi connectivity index (χ4v) is 2.73. The van der Waals surface area contributed by atoms with E-state index in [9.17, 15) is 8.42 Å². The van der Waals surface area contributed by atoms with Gasteiger partial charge in [0.25, 0.3) is 0 Å². The summed E-state index contributed by atoms with van der Waals surface area (Å²) in [5.74, 6) is 0.156. The second kappa shape index (κ2) is 6.81. The average molecular weight is 363 g/mol. The minimum absolute atomic E-state index is 0.156. The molecule has 1 heterocycles. The van der Waals surface area contributed by atoms with E-state index in [0.717, 1.165) is 5.41 Å². The van der Waals surface area contributed by atoms with E-state index in [1.54, 1.807) is 36.4 Å². The summed E-state index contributed by atoms with van der Waals surface area (Å²) in [4.78, 5) is 0. The molecule has 24 heavy (non-hydrogen) atoms. The van der Waals surface area contributed by atoms with Crippen LogP contribution in [0.25, 0.3) is 11.8 Å². The van der Waals surface area contributed by atoms with Crippen molar-refractivity contribution in [2.24, 2.45) is 0 Å². The molecule has 0 spiro atoms. The van der Waals surface area contributed by atoms with Gasteiger partial charge in [-0.1, -0.05) is 29.8 Å². The zero-order chi connectivity index (χ0) is 17.0. The maximum atomic E-state index is 12.1. The highest BCUT2D eigenvalue weighted by Gasteiger charge is 2.09. The van der Waals surface area contributed by atoms with Gasteiger partial charge in [-0.2, -0.15) is 8.42 Å². The molecule has 0 aliphatic carbocycles. The highest BCUT2D eigenvalue weighted by molar-refractivity contribution is 7.90. The minimum atomic E-state index is -3.90. The Hall–Kier alpha value is -2.71. The molecule has 0 N–H and O–H groups in total. The Bertz CT molecular complexity index is 955. The van der Waals surface area contributed by atoms with E-state index >= 15 is 0 Å². The molecule has 0 unspecified atom stereocenters. The van der Waals surface area contributed by atoms with E-state index in [-0.39, 0.29) is 5.75 Å². The lowest BCUT2D eigenvalue weighted by atomic mass is 10.2. The number of hydrogen-bond donors (Lipinski definition) is 0. The molecule has 1 aromatic heterocycles. The molecular weight excluding hydrogens is 352 g/mol. The number of aromatic nitrogens is 4. The quantitative estimate of drug-likeness (QED) is 0.648. The molecule has 0 atom stereocenters. The molecule has 2 aromatic carbocycles. The monoisotopic (exact) mass is 362 g/mol. The van der Waals surface area contributed by atoms with Gasteiger partial charge in [-0.3, -0.25) is 0 Å². The first-order chi connectivity index (χ1) is 11.5. The van der Waals surface area contributed by atoms with E-state index in [2.05, 4.69) is 15.5 Å². The van der Waals surface area contributed by atoms with Crippen LogP contribution < -0.4 is 4.18 Å². The normalized spacial score (nSPS) is 11.7. The summed E-state index contributed by atoms with van der Waals surface area (Å²) in [5.41, 5.74) is 1.27. The van der Waals surface area contributed by atoms with Crippen LogP contribution in [0.5, 0.6) is 5.75 Å². The van der Waals surface area contributed by atoms with Crippen LogP contribution >= 0.6 is 11.6 Å². The highest BCUT2D eigenvalue weighted by atomic mass is 35.5. The standard InChI is InChI=1S/C15H11ClN4O3S/c16-13-6-4-12(5-7-13)8-9-24(21,22)23-15-3-1-2-14(10-15)20-11-17-18-19-20/h1-11H/b9-8+. The van der Waals surface area contributed by atoms with Crippen LogP contribution in [0.3, 0.4) is 0 Å². The molecule has 0 radical (unpaired) electrons. The third-order valence-electron chi connectivity index (χ3n) is 2.94. The van der Waals surface area contributed by atoms with Crippen molar-refractivity contribution >= 4 is 27.8 Å². The smallest absolute Gasteiger partial charge is 0.332 e. The number of hydrogen-bond acceptors (Lipinski definition) is 6. The molecule has 0 amide bonds. The molecule has 0 saturated heterocycles. The molecule has 3 aromatic rings. The van der Waals surface area contributed by atoms with E-state index < -0.39 is 10.1 Å². The zero-order valence-electron chi connectivity index (χ0n) is 12.2. The Morgan fingerprint density at radius 1 is 1.12 bits per heavy atom. The summed E-state index contributed by atoms with van der Waals surface area (Å²) >= 11 is 5.78. The molecule has 0 aliphatic heterocycles. The van der Waals surface area contributed by atoms with Crippen molar-refractivity contribution in [3.8, 4) is 11.4 Å². The van der Waals surface area contributed by atoms with Gasteiger partial charge in [-0.25, -0.2) is 4.68 Å². The molecular formula is C15H11ClN4O3S. The number of rotatable bonds is 5. The topological polar surface area (TPSA) is 87.0 Å². The van der Waals surface area contributed by atoms with Crippen molar-refractivity contribution in [1.29, 1.82) is 0 Å². The van der Waals surface area contributed by atoms with E-state index in [1.807, 2.05) is 0 Å². The van der Waals surface area contributed by atoms with Gasteiger partial charge in [-0.15, -0.1) is 5.10 Å². The minimum Gasteiger partial charge on any atom is -0.379 e. The first-order valence-electron chi connectivity index (χ1n) is 6.73. The second-order valence-electron chi connectivity index (χ2n) is 4.68. The van der Waals surface area contributed by atoms with Crippen LogP contribution in [0.4, 0.5) is 0 Å². The summed E-state index contributed by atoms with van der Waals surface area (Å²) in [6, 6.07) is 13.2. The Balaban J connectivity index is 1.77. The number of halogens is 1. The largest absolute Gasteiger partial charge is 0.379 e. The number of tetrazole rings is 1. The summed E-state index contributed by atoms with van der Waals surface area (Å²) in [7, 11) is -3.90. The van der Waals surface area contributed by atoms with Crippen LogP contribution in [0.2, 0.25) is 5.02 Å². The van der Waals surface area contributed by atoms with Gasteiger partial charge in [0, 0.05) is 11.1 Å². The van der Waals surface area contributed by atoms with Gasteiger partial charge in [0.05, 0.1) is 11.1 Å². The van der Waals surface area contributed by atoms with E-state index in [1.165, 1.54) is 29.2 Å². The molecule has 9 heteroatoms. The molecule has 0 bridgehead atoms. The fourth-order valence-electron chi connectivity index (χ4n) is 1.86. The van der Waals surface area contributed by atoms with Crippen LogP contribution in [-0.4, -0.2) is 28.6 Å². The van der Waals surface area contributed by atoms with Crippen LogP contribution in [-0.2, 0) is 10.1 Å². The SMILES string of the molecule is O=S(=O)(/C=C/c1ccc(Cl)cc1)Oc1cccc(-n2cnnn2)c1. The maximum Gasteiger partial charge on any atom is 0.332 e. The van der Waals surface area contributed by atoms with Crippen molar-refractivity contribution in [1.82, 2.24) is 20.2 Å². The number of benzene rings is 2. The summed E-state index contributed by atoms with van der Waals surface area (Å²) in [6.45, 7) is 0. The van der Waals surface area contributed by atoms with Crippen LogP contribution in [0.15, 0.2) is 60.3 Å². The van der Waals surface area contributed by atoms with Crippen molar-refractivity contribution in [3.05, 3.63) is 70.9 Å². The maximum absolute atomic E-state index is 12.1. The number of nitrogens with zero attached hydrogens (tertiary/aromatic N) is 4. The predicted molar refractivity (Wildman–Crippen MR) is 89.2 cm³/mol. The van der Waals surface area contributed by atoms with Gasteiger partial charge in [-0.05, 0) is 46.3 Å². The van der Waals surface area contributed by atoms with Crippen molar-refractivity contribution in [2.45, 2.75) is 0 Å². The molecule has 3 rings (SSSR count). The lowest BCUT2D eigenvalue weighted by molar-refractivity contribution is 0.496. The highest BCUT2D eigenvalue weighted by Crippen LogP contribution is 2.18. The third kappa shape index (κ3) is 4.18. The van der Waals surface area contributed by atoms with Gasteiger partial charge < -0.3 is 4.18 Å². The average Bonchev–Trinajstić information content (AvgIpc) is 3.09. The second-order valence-corrected chi connectivity index (χ2v) is 6.54. The Morgan fingerprint density at radius 2 is 1.92 bits per heavy atom. The first-order valence-corrected chi connectivity index (χ1v) is 8.58. The summed E-state index contributed by atoms with van der Waals surface area (Å²) in [6.07, 6.45) is 2.82. The molecule has 122 valence electrons. The summed E-state index contributed by atoms with van der Waals surface area (Å²) < 4.78 is 30.6. The molecule has 0 aliphatic rings. The van der Waals surface area contributed by atoms with Gasteiger partial charge in [0.1, 0.15) is 12.1 Å². The van der Waals surface area contributed by atoms with Gasteiger partial charge >= 0.3 is 10.1 Å². The lowest BCUT2D eigenvalue weighted by Crippen LogP contribution is -2.05. The zero-order valence-corrected chi connectivity index (χ0v) is 13.7. The lowest BCUT2D eigenvalue weighted by Gasteiger charge is -2.05. The predicted octanol–water partition coefficient (Wildman–Crippen LogP) is 2.70. The molecule has 7 nitrogen and oxygen atoms in total. The van der Waals surface area contributed by atoms with Gasteiger partial charge in [0.15, 0.2) is 0 Å². The van der Waals surface area contributed by atoms with Crippen molar-refractivity contribution < 1.29 is 12.6 Å². The van der Waals surface area contributed by atoms with Crippen LogP contribution in [0, 0.1) is 0 Å². The Kier molecular flexibility index (Phi) is 4.59.